The van der Waals surface area contributed by atoms with Crippen molar-refractivity contribution in [2.45, 2.75) is 13.3 Å². The fourth-order valence-corrected chi connectivity index (χ4v) is 5.05. The number of benzene rings is 1. The number of rotatable bonds is 8. The zero-order valence-corrected chi connectivity index (χ0v) is 21.6. The molecule has 8 heteroatoms. The second-order valence-corrected chi connectivity index (χ2v) is 9.87. The number of likely N-dealkylation sites (tertiary alicyclic amines) is 1. The van der Waals surface area contributed by atoms with Gasteiger partial charge in [-0.05, 0) is 48.8 Å². The number of hydrogen-bond acceptors (Lipinski definition) is 7. The van der Waals surface area contributed by atoms with Crippen LogP contribution in [-0.4, -0.2) is 71.5 Å². The summed E-state index contributed by atoms with van der Waals surface area (Å²) in [5.41, 5.74) is 4.98. The summed E-state index contributed by atoms with van der Waals surface area (Å²) in [7, 11) is 0. The monoisotopic (exact) mass is 497 g/mol. The molecule has 0 atom stereocenters. The molecule has 8 nitrogen and oxygen atoms in total. The smallest absolute Gasteiger partial charge is 0.229 e. The molecule has 0 radical (unpaired) electrons. The Hall–Kier alpha value is -4.07. The highest BCUT2D eigenvalue weighted by Crippen LogP contribution is 2.32. The van der Waals surface area contributed by atoms with E-state index in [1.54, 1.807) is 6.92 Å². The van der Waals surface area contributed by atoms with Crippen LogP contribution in [-0.2, 0) is 4.79 Å². The molecule has 1 aromatic heterocycles. The van der Waals surface area contributed by atoms with E-state index in [0.29, 0.717) is 11.9 Å². The molecule has 1 N–H and O–H groups in total. The van der Waals surface area contributed by atoms with Gasteiger partial charge in [-0.2, -0.15) is 4.98 Å². The van der Waals surface area contributed by atoms with E-state index in [4.69, 9.17) is 4.98 Å². The van der Waals surface area contributed by atoms with E-state index >= 15 is 0 Å². The van der Waals surface area contributed by atoms with E-state index in [1.165, 1.54) is 0 Å². The summed E-state index contributed by atoms with van der Waals surface area (Å²) in [6.45, 7) is 19.8. The number of hydrogen-bond donors (Lipinski definition) is 1. The van der Waals surface area contributed by atoms with Crippen molar-refractivity contribution in [3.63, 3.8) is 0 Å². The third kappa shape index (κ3) is 5.38. The topological polar surface area (TPSA) is 67.8 Å². The molecule has 0 bridgehead atoms. The van der Waals surface area contributed by atoms with Gasteiger partial charge in [-0.25, -0.2) is 4.98 Å². The summed E-state index contributed by atoms with van der Waals surface area (Å²) in [5.74, 6) is 2.20. The Balaban J connectivity index is 1.25. The average Bonchev–Trinajstić information content (AvgIpc) is 2.88. The van der Waals surface area contributed by atoms with Gasteiger partial charge >= 0.3 is 0 Å². The summed E-state index contributed by atoms with van der Waals surface area (Å²) in [5, 5.41) is 3.39. The van der Waals surface area contributed by atoms with Crippen LogP contribution in [0, 0.1) is 5.92 Å². The van der Waals surface area contributed by atoms with E-state index in [1.807, 2.05) is 41.5 Å². The molecule has 1 amide bonds. The number of piperazine rings is 1. The maximum absolute atomic E-state index is 11.6. The van der Waals surface area contributed by atoms with Crippen molar-refractivity contribution in [2.75, 3.05) is 60.9 Å². The molecule has 5 rings (SSSR count). The Bertz CT molecular complexity index is 1240. The maximum Gasteiger partial charge on any atom is 0.229 e. The van der Waals surface area contributed by atoms with Crippen molar-refractivity contribution in [1.29, 1.82) is 0 Å². The fourth-order valence-electron chi connectivity index (χ4n) is 5.05. The largest absolute Gasteiger partial charge is 0.371 e. The van der Waals surface area contributed by atoms with Gasteiger partial charge in [-0.3, -0.25) is 4.79 Å². The third-order valence-corrected chi connectivity index (χ3v) is 7.41. The minimum Gasteiger partial charge on any atom is -0.371 e. The van der Waals surface area contributed by atoms with E-state index in [0.717, 1.165) is 86.4 Å². The minimum atomic E-state index is 0.138. The average molecular weight is 498 g/mol. The van der Waals surface area contributed by atoms with Crippen molar-refractivity contribution in [3.05, 3.63) is 79.3 Å². The highest BCUT2D eigenvalue weighted by Gasteiger charge is 2.28. The third-order valence-electron chi connectivity index (χ3n) is 7.41. The molecule has 1 aromatic carbocycles. The van der Waals surface area contributed by atoms with Crippen molar-refractivity contribution in [1.82, 2.24) is 19.8 Å². The molecular weight excluding hydrogens is 462 g/mol. The molecule has 4 heterocycles. The number of nitrogens with zero attached hydrogens (tertiary/aromatic N) is 6. The number of carbonyl (C=O) groups is 1. The van der Waals surface area contributed by atoms with Crippen molar-refractivity contribution in [3.8, 4) is 0 Å². The second-order valence-electron chi connectivity index (χ2n) is 9.87. The predicted molar refractivity (Wildman–Crippen MR) is 151 cm³/mol. The molecule has 2 saturated heterocycles. The normalized spacial score (nSPS) is 17.4. The first-order valence-electron chi connectivity index (χ1n) is 12.9. The minimum absolute atomic E-state index is 0.138. The van der Waals surface area contributed by atoms with Gasteiger partial charge < -0.3 is 24.9 Å². The maximum atomic E-state index is 11.6. The number of aromatic nitrogens is 2. The van der Waals surface area contributed by atoms with Gasteiger partial charge in [0.25, 0.3) is 0 Å². The number of carbonyl (C=O) groups excluding carboxylic acids is 1. The molecule has 0 aliphatic carbocycles. The first-order chi connectivity index (χ1) is 17.9. The molecular formula is C29H35N7O. The van der Waals surface area contributed by atoms with Crippen LogP contribution in [0.2, 0.25) is 0 Å². The van der Waals surface area contributed by atoms with Crippen molar-refractivity contribution < 1.29 is 4.79 Å². The first-order valence-corrected chi connectivity index (χ1v) is 12.9. The second kappa shape index (κ2) is 10.5. The molecule has 37 heavy (non-hydrogen) atoms. The zero-order chi connectivity index (χ0) is 25.9. The molecule has 0 saturated carbocycles. The van der Waals surface area contributed by atoms with Crippen LogP contribution < -0.4 is 15.1 Å². The van der Waals surface area contributed by atoms with Gasteiger partial charge in [0.15, 0.2) is 0 Å². The summed E-state index contributed by atoms with van der Waals surface area (Å²) >= 11 is 0. The standard InChI is InChI=1S/C29H35N7O/c1-5-21(2)35-19-24(20-35)11-12-36-22(3)9-10-25-18-30-29(32-28(25)36)31-26-7-6-8-27(17-26)34-15-13-33(14-16-34)23(4)37/h5-10,17-18,24H,1-3,11-16,19-20H2,4H3,(H,30,31,32). The highest BCUT2D eigenvalue weighted by atomic mass is 16.2. The number of allylic oxidation sites excluding steroid dienone is 2. The molecule has 3 aliphatic rings. The van der Waals surface area contributed by atoms with Gasteiger partial charge in [0, 0.05) is 87.3 Å². The summed E-state index contributed by atoms with van der Waals surface area (Å²) < 4.78 is 0. The number of anilines is 4. The summed E-state index contributed by atoms with van der Waals surface area (Å²) in [4.78, 5) is 29.8. The van der Waals surface area contributed by atoms with E-state index in [-0.39, 0.29) is 5.91 Å². The fraction of sp³-hybridized carbons (Fsp3) is 0.345. The van der Waals surface area contributed by atoms with E-state index in [2.05, 4.69) is 56.9 Å². The van der Waals surface area contributed by atoms with E-state index in [9.17, 15) is 4.79 Å². The lowest BCUT2D eigenvalue weighted by Crippen LogP contribution is -2.48. The Kier molecular flexibility index (Phi) is 6.99. The lowest BCUT2D eigenvalue weighted by atomic mass is 9.95. The summed E-state index contributed by atoms with van der Waals surface area (Å²) in [6, 6.07) is 8.27. The van der Waals surface area contributed by atoms with Crippen molar-refractivity contribution in [2.24, 2.45) is 5.92 Å². The zero-order valence-electron chi connectivity index (χ0n) is 21.6. The van der Waals surface area contributed by atoms with Gasteiger partial charge in [0.1, 0.15) is 5.82 Å². The first kappa shape index (κ1) is 24.6. The lowest BCUT2D eigenvalue weighted by molar-refractivity contribution is -0.129. The number of nitrogens with one attached hydrogen (secondary N) is 1. The van der Waals surface area contributed by atoms with Crippen LogP contribution in [0.4, 0.5) is 23.1 Å². The molecule has 2 fully saturated rings. The Morgan fingerprint density at radius 2 is 1.95 bits per heavy atom. The van der Waals surface area contributed by atoms with Crippen LogP contribution in [0.25, 0.3) is 6.08 Å². The van der Waals surface area contributed by atoms with Gasteiger partial charge in [-0.15, -0.1) is 0 Å². The molecule has 3 aliphatic heterocycles. The van der Waals surface area contributed by atoms with Crippen LogP contribution in [0.1, 0.15) is 18.9 Å². The van der Waals surface area contributed by atoms with Crippen LogP contribution >= 0.6 is 0 Å². The van der Waals surface area contributed by atoms with Crippen LogP contribution in [0.3, 0.4) is 0 Å². The van der Waals surface area contributed by atoms with Gasteiger partial charge in [0.2, 0.25) is 11.9 Å². The lowest BCUT2D eigenvalue weighted by Gasteiger charge is -2.42. The number of fused-ring (bicyclic) bond motifs is 1. The quantitative estimate of drug-likeness (QED) is 0.547. The van der Waals surface area contributed by atoms with E-state index < -0.39 is 0 Å². The van der Waals surface area contributed by atoms with Crippen LogP contribution in [0.5, 0.6) is 0 Å². The molecule has 0 spiro atoms. The highest BCUT2D eigenvalue weighted by molar-refractivity contribution is 5.75. The van der Waals surface area contributed by atoms with Gasteiger partial charge in [0.05, 0.1) is 0 Å². The number of amides is 1. The molecule has 0 unspecified atom stereocenters. The Morgan fingerprint density at radius 3 is 2.68 bits per heavy atom. The summed E-state index contributed by atoms with van der Waals surface area (Å²) in [6.07, 6.45) is 8.79. The molecule has 192 valence electrons. The van der Waals surface area contributed by atoms with Gasteiger partial charge in [-0.1, -0.05) is 25.8 Å². The SMILES string of the molecule is C=CC(=C)N1CC(CCN2C(=C)C=Cc3cnc(Nc4cccc(N5CCN(C(C)=O)CC5)c4)nc32)C1. The Labute approximate surface area is 219 Å². The Morgan fingerprint density at radius 1 is 1.16 bits per heavy atom. The molecule has 2 aromatic rings. The van der Waals surface area contributed by atoms with Crippen LogP contribution in [0.15, 0.2) is 73.7 Å². The van der Waals surface area contributed by atoms with Crippen molar-refractivity contribution >= 4 is 35.1 Å². The predicted octanol–water partition coefficient (Wildman–Crippen LogP) is 4.26.